The highest BCUT2D eigenvalue weighted by Crippen LogP contribution is 2.26. The van der Waals surface area contributed by atoms with Gasteiger partial charge in [-0.1, -0.05) is 12.1 Å². The van der Waals surface area contributed by atoms with E-state index < -0.39 is 11.6 Å². The van der Waals surface area contributed by atoms with E-state index in [1.807, 2.05) is 13.8 Å². The van der Waals surface area contributed by atoms with Crippen molar-refractivity contribution >= 4 is 0 Å². The maximum atomic E-state index is 13.7. The first-order valence-electron chi connectivity index (χ1n) is 6.07. The van der Waals surface area contributed by atoms with E-state index in [-0.39, 0.29) is 11.6 Å². The molecule has 0 bridgehead atoms. The van der Waals surface area contributed by atoms with Gasteiger partial charge in [0.2, 0.25) is 0 Å². The Kier molecular flexibility index (Phi) is 5.23. The molecule has 0 saturated heterocycles. The Bertz CT molecular complexity index is 393. The predicted octanol–water partition coefficient (Wildman–Crippen LogP) is 3.43. The molecule has 0 aliphatic heterocycles. The first-order chi connectivity index (χ1) is 8.41. The Morgan fingerprint density at radius 1 is 1.33 bits per heavy atom. The SMILES string of the molecule is CNC(CCC(C)(C)OC)c1cccc(F)c1F. The zero-order valence-electron chi connectivity index (χ0n) is 11.4. The minimum atomic E-state index is -0.807. The third-order valence-electron chi connectivity index (χ3n) is 3.29. The highest BCUT2D eigenvalue weighted by atomic mass is 19.2. The van der Waals surface area contributed by atoms with E-state index in [0.29, 0.717) is 12.0 Å². The van der Waals surface area contributed by atoms with Crippen LogP contribution < -0.4 is 5.32 Å². The fourth-order valence-electron chi connectivity index (χ4n) is 1.84. The van der Waals surface area contributed by atoms with Gasteiger partial charge >= 0.3 is 0 Å². The molecule has 0 amide bonds. The molecular formula is C14H21F2NO. The van der Waals surface area contributed by atoms with Crippen LogP contribution in [-0.4, -0.2) is 19.8 Å². The van der Waals surface area contributed by atoms with E-state index in [9.17, 15) is 8.78 Å². The zero-order chi connectivity index (χ0) is 13.8. The van der Waals surface area contributed by atoms with Gasteiger partial charge in [0.15, 0.2) is 11.6 Å². The molecule has 0 radical (unpaired) electrons. The van der Waals surface area contributed by atoms with Crippen LogP contribution in [0.3, 0.4) is 0 Å². The maximum absolute atomic E-state index is 13.7. The summed E-state index contributed by atoms with van der Waals surface area (Å²) in [7, 11) is 3.39. The molecule has 0 saturated carbocycles. The Morgan fingerprint density at radius 3 is 2.56 bits per heavy atom. The number of halogens is 2. The molecule has 0 heterocycles. The lowest BCUT2D eigenvalue weighted by atomic mass is 9.94. The summed E-state index contributed by atoms with van der Waals surface area (Å²) in [5, 5.41) is 3.02. The average Bonchev–Trinajstić information content (AvgIpc) is 2.35. The molecule has 1 unspecified atom stereocenters. The van der Waals surface area contributed by atoms with Gasteiger partial charge < -0.3 is 10.1 Å². The van der Waals surface area contributed by atoms with Crippen LogP contribution >= 0.6 is 0 Å². The molecule has 1 aromatic rings. The van der Waals surface area contributed by atoms with Crippen LogP contribution in [0.25, 0.3) is 0 Å². The molecule has 0 spiro atoms. The highest BCUT2D eigenvalue weighted by Gasteiger charge is 2.22. The largest absolute Gasteiger partial charge is 0.379 e. The summed E-state index contributed by atoms with van der Waals surface area (Å²) in [4.78, 5) is 0. The van der Waals surface area contributed by atoms with Crippen LogP contribution in [0.4, 0.5) is 8.78 Å². The summed E-state index contributed by atoms with van der Waals surface area (Å²) >= 11 is 0. The molecule has 4 heteroatoms. The van der Waals surface area contributed by atoms with Gasteiger partial charge in [-0.15, -0.1) is 0 Å². The fraction of sp³-hybridized carbons (Fsp3) is 0.571. The van der Waals surface area contributed by atoms with Gasteiger partial charge in [-0.3, -0.25) is 0 Å². The second-order valence-electron chi connectivity index (χ2n) is 4.99. The van der Waals surface area contributed by atoms with E-state index in [1.54, 1.807) is 20.2 Å². The van der Waals surface area contributed by atoms with Gasteiger partial charge in [-0.25, -0.2) is 8.78 Å². The lowest BCUT2D eigenvalue weighted by Crippen LogP contribution is -2.26. The quantitative estimate of drug-likeness (QED) is 0.843. The van der Waals surface area contributed by atoms with Gasteiger partial charge in [0, 0.05) is 18.7 Å². The summed E-state index contributed by atoms with van der Waals surface area (Å²) in [5.41, 5.74) is 0.100. The van der Waals surface area contributed by atoms with Crippen LogP contribution in [0, 0.1) is 11.6 Å². The predicted molar refractivity (Wildman–Crippen MR) is 68.5 cm³/mol. The van der Waals surface area contributed by atoms with Crippen LogP contribution in [-0.2, 0) is 4.74 Å². The van der Waals surface area contributed by atoms with Gasteiger partial charge in [0.1, 0.15) is 0 Å². The van der Waals surface area contributed by atoms with Crippen molar-refractivity contribution in [2.45, 2.75) is 38.3 Å². The average molecular weight is 257 g/mol. The molecule has 0 aliphatic rings. The second-order valence-corrected chi connectivity index (χ2v) is 4.99. The Labute approximate surface area is 107 Å². The van der Waals surface area contributed by atoms with E-state index in [2.05, 4.69) is 5.32 Å². The molecule has 0 aliphatic carbocycles. The summed E-state index contributed by atoms with van der Waals surface area (Å²) in [6.45, 7) is 3.95. The molecule has 1 aromatic carbocycles. The van der Waals surface area contributed by atoms with Crippen LogP contribution in [0.5, 0.6) is 0 Å². The van der Waals surface area contributed by atoms with Crippen LogP contribution in [0.15, 0.2) is 18.2 Å². The van der Waals surface area contributed by atoms with Crippen molar-refractivity contribution in [3.05, 3.63) is 35.4 Å². The Balaban J connectivity index is 2.81. The monoisotopic (exact) mass is 257 g/mol. The molecule has 1 N–H and O–H groups in total. The smallest absolute Gasteiger partial charge is 0.163 e. The number of nitrogens with one attached hydrogen (secondary N) is 1. The first kappa shape index (κ1) is 15.1. The van der Waals surface area contributed by atoms with Crippen molar-refractivity contribution < 1.29 is 13.5 Å². The molecular weight excluding hydrogens is 236 g/mol. The number of rotatable bonds is 6. The Morgan fingerprint density at radius 2 is 2.00 bits per heavy atom. The molecule has 0 aromatic heterocycles. The number of benzene rings is 1. The van der Waals surface area contributed by atoms with Gasteiger partial charge in [-0.2, -0.15) is 0 Å². The normalized spacial score (nSPS) is 13.7. The second kappa shape index (κ2) is 6.25. The van der Waals surface area contributed by atoms with Crippen LogP contribution in [0.1, 0.15) is 38.3 Å². The van der Waals surface area contributed by atoms with Gasteiger partial charge in [0.05, 0.1) is 5.60 Å². The Hall–Kier alpha value is -1.00. The third kappa shape index (κ3) is 3.75. The van der Waals surface area contributed by atoms with Gasteiger partial charge in [-0.05, 0) is 39.8 Å². The fourth-order valence-corrected chi connectivity index (χ4v) is 1.84. The van der Waals surface area contributed by atoms with Crippen molar-refractivity contribution in [3.8, 4) is 0 Å². The minimum absolute atomic E-state index is 0.213. The van der Waals surface area contributed by atoms with Crippen molar-refractivity contribution in [2.24, 2.45) is 0 Å². The molecule has 18 heavy (non-hydrogen) atoms. The molecule has 0 fully saturated rings. The topological polar surface area (TPSA) is 21.3 Å². The summed E-state index contributed by atoms with van der Waals surface area (Å²) in [6.07, 6.45) is 1.43. The lowest BCUT2D eigenvalue weighted by Gasteiger charge is -2.26. The standard InChI is InChI=1S/C14H21F2NO/c1-14(2,18-4)9-8-12(17-3)10-6-5-7-11(15)13(10)16/h5-7,12,17H,8-9H2,1-4H3. The van der Waals surface area contributed by atoms with Crippen LogP contribution in [0.2, 0.25) is 0 Å². The summed E-state index contributed by atoms with van der Waals surface area (Å²) in [5.74, 6) is -1.58. The number of hydrogen-bond donors (Lipinski definition) is 1. The first-order valence-corrected chi connectivity index (χ1v) is 6.07. The lowest BCUT2D eigenvalue weighted by molar-refractivity contribution is 0.0117. The van der Waals surface area contributed by atoms with E-state index >= 15 is 0 Å². The van der Waals surface area contributed by atoms with Gasteiger partial charge in [0.25, 0.3) is 0 Å². The summed E-state index contributed by atoms with van der Waals surface area (Å²) in [6, 6.07) is 4.05. The molecule has 102 valence electrons. The number of hydrogen-bond acceptors (Lipinski definition) is 2. The number of ether oxygens (including phenoxy) is 1. The molecule has 1 atom stereocenters. The third-order valence-corrected chi connectivity index (χ3v) is 3.29. The molecule has 1 rings (SSSR count). The highest BCUT2D eigenvalue weighted by molar-refractivity contribution is 5.22. The van der Waals surface area contributed by atoms with E-state index in [0.717, 1.165) is 12.5 Å². The maximum Gasteiger partial charge on any atom is 0.163 e. The number of methoxy groups -OCH3 is 1. The molecule has 2 nitrogen and oxygen atoms in total. The van der Waals surface area contributed by atoms with E-state index in [4.69, 9.17) is 4.74 Å². The minimum Gasteiger partial charge on any atom is -0.379 e. The summed E-state index contributed by atoms with van der Waals surface area (Å²) < 4.78 is 32.2. The zero-order valence-corrected chi connectivity index (χ0v) is 11.4. The van der Waals surface area contributed by atoms with Crippen molar-refractivity contribution in [1.82, 2.24) is 5.32 Å². The van der Waals surface area contributed by atoms with E-state index in [1.165, 1.54) is 6.07 Å². The van der Waals surface area contributed by atoms with Crippen molar-refractivity contribution in [1.29, 1.82) is 0 Å². The van der Waals surface area contributed by atoms with Crippen molar-refractivity contribution in [2.75, 3.05) is 14.2 Å². The van der Waals surface area contributed by atoms with Crippen molar-refractivity contribution in [3.63, 3.8) is 0 Å².